The van der Waals surface area contributed by atoms with E-state index in [1.165, 1.54) is 6.42 Å². The molecule has 0 saturated carbocycles. The molecular weight excluding hydrogens is 288 g/mol. The number of hydrogen-bond acceptors (Lipinski definition) is 6. The van der Waals surface area contributed by atoms with Gasteiger partial charge in [0.25, 0.3) is 0 Å². The molecule has 0 amide bonds. The molecule has 5 heterocycles. The van der Waals surface area contributed by atoms with Crippen molar-refractivity contribution in [1.29, 1.82) is 5.26 Å². The lowest BCUT2D eigenvalue weighted by atomic mass is 9.87. The van der Waals surface area contributed by atoms with Crippen LogP contribution in [0.2, 0.25) is 0 Å². The minimum absolute atomic E-state index is 0.435. The second-order valence-corrected chi connectivity index (χ2v) is 6.26. The molecule has 0 radical (unpaired) electrons. The van der Waals surface area contributed by atoms with E-state index in [1.54, 1.807) is 12.4 Å². The zero-order chi connectivity index (χ0) is 16.0. The lowest BCUT2D eigenvalue weighted by molar-refractivity contribution is 0.287. The Balaban J connectivity index is 1.57. The Morgan fingerprint density at radius 1 is 1.17 bits per heavy atom. The summed E-state index contributed by atoms with van der Waals surface area (Å²) in [6, 6.07) is 8.64. The topological polar surface area (TPSA) is 68.9 Å². The number of nitriles is 1. The highest BCUT2D eigenvalue weighted by Crippen LogP contribution is 2.38. The Hall–Kier alpha value is -2.68. The van der Waals surface area contributed by atoms with Crippen LogP contribution in [0.3, 0.4) is 0 Å². The predicted molar refractivity (Wildman–Crippen MR) is 87.3 cm³/mol. The summed E-state index contributed by atoms with van der Waals surface area (Å²) in [7, 11) is 0. The molecule has 5 rings (SSSR count). The fourth-order valence-corrected chi connectivity index (χ4v) is 3.63. The van der Waals surface area contributed by atoms with Crippen LogP contribution < -0.4 is 9.80 Å². The monoisotopic (exact) mass is 306 g/mol. The summed E-state index contributed by atoms with van der Waals surface area (Å²) >= 11 is 0. The minimum atomic E-state index is 0.435. The number of nitrogens with zero attached hydrogens (tertiary/aromatic N) is 6. The summed E-state index contributed by atoms with van der Waals surface area (Å²) in [4.78, 5) is 17.9. The molecule has 2 aromatic heterocycles. The average molecular weight is 306 g/mol. The first-order chi connectivity index (χ1) is 11.2. The van der Waals surface area contributed by atoms with Crippen molar-refractivity contribution >= 4 is 11.6 Å². The highest BCUT2D eigenvalue weighted by atomic mass is 15.4. The Morgan fingerprint density at radius 2 is 1.96 bits per heavy atom. The molecule has 0 aromatic carbocycles. The maximum Gasteiger partial charge on any atom is 0.142 e. The van der Waals surface area contributed by atoms with Gasteiger partial charge in [0.2, 0.25) is 0 Å². The second-order valence-electron chi connectivity index (χ2n) is 6.26. The van der Waals surface area contributed by atoms with Gasteiger partial charge in [-0.05, 0) is 32.4 Å². The summed E-state index contributed by atoms with van der Waals surface area (Å²) in [6.45, 7) is 5.98. The zero-order valence-corrected chi connectivity index (χ0v) is 13.3. The zero-order valence-electron chi connectivity index (χ0n) is 13.3. The Labute approximate surface area is 135 Å². The first kappa shape index (κ1) is 13.9. The van der Waals surface area contributed by atoms with Crippen LogP contribution in [-0.2, 0) is 0 Å². The maximum absolute atomic E-state index is 9.03. The van der Waals surface area contributed by atoms with Gasteiger partial charge < -0.3 is 9.80 Å². The molecule has 6 heteroatoms. The molecule has 0 aliphatic carbocycles. The molecule has 6 nitrogen and oxygen atoms in total. The summed E-state index contributed by atoms with van der Waals surface area (Å²) in [5.74, 6) is 1.96. The Morgan fingerprint density at radius 3 is 2.70 bits per heavy atom. The number of piperazine rings is 1. The van der Waals surface area contributed by atoms with E-state index in [2.05, 4.69) is 37.7 Å². The molecule has 116 valence electrons. The molecule has 3 fully saturated rings. The molecule has 3 aliphatic heterocycles. The molecular formula is C17H18N6. The van der Waals surface area contributed by atoms with Gasteiger partial charge in [-0.25, -0.2) is 15.0 Å². The highest BCUT2D eigenvalue weighted by molar-refractivity contribution is 5.55. The van der Waals surface area contributed by atoms with Gasteiger partial charge in [-0.2, -0.15) is 5.26 Å². The van der Waals surface area contributed by atoms with E-state index in [9.17, 15) is 0 Å². The molecule has 2 aromatic rings. The van der Waals surface area contributed by atoms with Crippen LogP contribution in [0.4, 0.5) is 11.6 Å². The van der Waals surface area contributed by atoms with Crippen molar-refractivity contribution in [1.82, 2.24) is 15.0 Å². The van der Waals surface area contributed by atoms with Crippen molar-refractivity contribution in [2.75, 3.05) is 22.9 Å². The molecule has 3 aliphatic rings. The second kappa shape index (κ2) is 5.20. The number of rotatable bonds is 2. The van der Waals surface area contributed by atoms with Gasteiger partial charge in [0, 0.05) is 24.3 Å². The van der Waals surface area contributed by atoms with Crippen LogP contribution >= 0.6 is 0 Å². The maximum atomic E-state index is 9.03. The Bertz CT molecular complexity index is 784. The number of aromatic nitrogens is 3. The van der Waals surface area contributed by atoms with E-state index in [4.69, 9.17) is 5.26 Å². The number of fused-ring (bicyclic) bond motifs is 2. The van der Waals surface area contributed by atoms with Crippen LogP contribution in [0.15, 0.2) is 24.5 Å². The normalized spacial score (nSPS) is 22.5. The van der Waals surface area contributed by atoms with Crippen molar-refractivity contribution < 1.29 is 0 Å². The van der Waals surface area contributed by atoms with Crippen LogP contribution in [0.1, 0.15) is 23.4 Å². The SMILES string of the molecule is Cc1ncnc(N2CC3CC(C2)N3c2cccc(C#N)n2)c1C. The number of pyridine rings is 1. The van der Waals surface area contributed by atoms with Crippen LogP contribution in [0.5, 0.6) is 0 Å². The highest BCUT2D eigenvalue weighted by Gasteiger charge is 2.45. The third kappa shape index (κ3) is 2.20. The molecule has 23 heavy (non-hydrogen) atoms. The van der Waals surface area contributed by atoms with Crippen molar-refractivity contribution in [2.24, 2.45) is 0 Å². The number of piperidine rings is 1. The van der Waals surface area contributed by atoms with Crippen LogP contribution in [0.25, 0.3) is 0 Å². The molecule has 0 spiro atoms. The number of anilines is 2. The third-order valence-electron chi connectivity index (χ3n) is 4.92. The van der Waals surface area contributed by atoms with Gasteiger partial charge in [0.05, 0.1) is 12.1 Å². The van der Waals surface area contributed by atoms with Gasteiger partial charge in [0.1, 0.15) is 29.7 Å². The van der Waals surface area contributed by atoms with Gasteiger partial charge >= 0.3 is 0 Å². The fourth-order valence-electron chi connectivity index (χ4n) is 3.63. The van der Waals surface area contributed by atoms with E-state index in [1.807, 2.05) is 19.1 Å². The van der Waals surface area contributed by atoms with Crippen molar-refractivity contribution in [3.63, 3.8) is 0 Å². The lowest BCUT2D eigenvalue weighted by Gasteiger charge is -2.57. The van der Waals surface area contributed by atoms with Crippen molar-refractivity contribution in [3.05, 3.63) is 41.5 Å². The third-order valence-corrected chi connectivity index (χ3v) is 4.92. The van der Waals surface area contributed by atoms with Crippen molar-refractivity contribution in [2.45, 2.75) is 32.4 Å². The van der Waals surface area contributed by atoms with E-state index in [-0.39, 0.29) is 0 Å². The van der Waals surface area contributed by atoms with E-state index >= 15 is 0 Å². The standard InChI is InChI=1S/C17H18N6/c1-11-12(2)19-10-20-17(11)22-8-14-6-15(9-22)23(14)16-5-3-4-13(7-18)21-16/h3-5,10,14-15H,6,8-9H2,1-2H3. The number of aryl methyl sites for hydroxylation is 1. The smallest absolute Gasteiger partial charge is 0.142 e. The van der Waals surface area contributed by atoms with E-state index < -0.39 is 0 Å². The van der Waals surface area contributed by atoms with Gasteiger partial charge in [-0.3, -0.25) is 0 Å². The summed E-state index contributed by atoms with van der Waals surface area (Å²) < 4.78 is 0. The van der Waals surface area contributed by atoms with E-state index in [0.29, 0.717) is 17.8 Å². The van der Waals surface area contributed by atoms with Crippen molar-refractivity contribution in [3.8, 4) is 6.07 Å². The summed E-state index contributed by atoms with van der Waals surface area (Å²) in [6.07, 6.45) is 2.83. The largest absolute Gasteiger partial charge is 0.352 e. The van der Waals surface area contributed by atoms with Gasteiger partial charge in [-0.15, -0.1) is 0 Å². The fraction of sp³-hybridized carbons (Fsp3) is 0.412. The minimum Gasteiger partial charge on any atom is -0.352 e. The van der Waals surface area contributed by atoms with Gasteiger partial charge in [-0.1, -0.05) is 6.07 Å². The molecule has 3 saturated heterocycles. The summed E-state index contributed by atoms with van der Waals surface area (Å²) in [5, 5.41) is 9.03. The molecule has 2 unspecified atom stereocenters. The first-order valence-electron chi connectivity index (χ1n) is 7.86. The molecule has 0 N–H and O–H groups in total. The summed E-state index contributed by atoms with van der Waals surface area (Å²) in [5.41, 5.74) is 2.67. The van der Waals surface area contributed by atoms with Crippen LogP contribution in [-0.4, -0.2) is 40.1 Å². The molecule has 2 bridgehead atoms. The quantitative estimate of drug-likeness (QED) is 0.843. The molecule has 2 atom stereocenters. The Kier molecular flexibility index (Phi) is 3.15. The first-order valence-corrected chi connectivity index (χ1v) is 7.86. The van der Waals surface area contributed by atoms with Gasteiger partial charge in [0.15, 0.2) is 0 Å². The number of hydrogen-bond donors (Lipinski definition) is 0. The van der Waals surface area contributed by atoms with Crippen LogP contribution in [0, 0.1) is 25.2 Å². The lowest BCUT2D eigenvalue weighted by Crippen LogP contribution is -2.69. The van der Waals surface area contributed by atoms with E-state index in [0.717, 1.165) is 36.0 Å². The average Bonchev–Trinajstić information content (AvgIpc) is 2.57. The predicted octanol–water partition coefficient (Wildman–Crippen LogP) is 1.83.